The number of amides is 3. The zero-order chi connectivity index (χ0) is 16.4. The number of halogens is 1. The molecule has 0 spiro atoms. The van der Waals surface area contributed by atoms with Crippen LogP contribution in [0.2, 0.25) is 5.02 Å². The summed E-state index contributed by atoms with van der Waals surface area (Å²) in [5.74, 6) is -0.169. The summed E-state index contributed by atoms with van der Waals surface area (Å²) in [6.45, 7) is 1.97. The molecule has 6 nitrogen and oxygen atoms in total. The SMILES string of the molecule is O=C1CCC(C(=O)N2CCN(C(=O)c3ccc(Cl)cc3)CC2)N1. The Morgan fingerprint density at radius 2 is 1.65 bits per heavy atom. The van der Waals surface area contributed by atoms with E-state index in [0.717, 1.165) is 0 Å². The Morgan fingerprint density at radius 1 is 1.04 bits per heavy atom. The summed E-state index contributed by atoms with van der Waals surface area (Å²) in [7, 11) is 0. The molecule has 2 aliphatic heterocycles. The Bertz CT molecular complexity index is 624. The van der Waals surface area contributed by atoms with E-state index >= 15 is 0 Å². The number of nitrogens with one attached hydrogen (secondary N) is 1. The third kappa shape index (κ3) is 3.47. The van der Waals surface area contributed by atoms with Gasteiger partial charge in [-0.15, -0.1) is 0 Å². The molecule has 2 fully saturated rings. The summed E-state index contributed by atoms with van der Waals surface area (Å²) in [5.41, 5.74) is 0.595. The van der Waals surface area contributed by atoms with Gasteiger partial charge in [0, 0.05) is 43.2 Å². The molecule has 23 heavy (non-hydrogen) atoms. The zero-order valence-corrected chi connectivity index (χ0v) is 13.4. The first kappa shape index (κ1) is 15.8. The lowest BCUT2D eigenvalue weighted by molar-refractivity contribution is -0.135. The molecule has 1 N–H and O–H groups in total. The first-order valence-corrected chi connectivity index (χ1v) is 8.05. The Balaban J connectivity index is 1.55. The van der Waals surface area contributed by atoms with Gasteiger partial charge in [0.25, 0.3) is 5.91 Å². The van der Waals surface area contributed by atoms with E-state index in [4.69, 9.17) is 11.6 Å². The number of benzene rings is 1. The van der Waals surface area contributed by atoms with E-state index < -0.39 is 6.04 Å². The van der Waals surface area contributed by atoms with Crippen LogP contribution in [0, 0.1) is 0 Å². The van der Waals surface area contributed by atoms with Crippen LogP contribution >= 0.6 is 11.6 Å². The standard InChI is InChI=1S/C16H18ClN3O3/c17-12-3-1-11(2-4-12)15(22)19-7-9-20(10-8-19)16(23)13-5-6-14(21)18-13/h1-4,13H,5-10H2,(H,18,21). The van der Waals surface area contributed by atoms with E-state index in [9.17, 15) is 14.4 Å². The molecule has 7 heteroatoms. The molecule has 1 aromatic rings. The van der Waals surface area contributed by atoms with Crippen molar-refractivity contribution in [3.8, 4) is 0 Å². The summed E-state index contributed by atoms with van der Waals surface area (Å²) in [6, 6.07) is 6.39. The maximum atomic E-state index is 12.4. The van der Waals surface area contributed by atoms with Gasteiger partial charge in [-0.3, -0.25) is 14.4 Å². The van der Waals surface area contributed by atoms with E-state index in [2.05, 4.69) is 5.32 Å². The van der Waals surface area contributed by atoms with Gasteiger partial charge in [-0.05, 0) is 30.7 Å². The van der Waals surface area contributed by atoms with Crippen molar-refractivity contribution in [1.29, 1.82) is 0 Å². The van der Waals surface area contributed by atoms with Crippen molar-refractivity contribution >= 4 is 29.3 Å². The number of rotatable bonds is 2. The Hall–Kier alpha value is -2.08. The molecule has 2 aliphatic rings. The molecule has 1 atom stereocenters. The number of piperazine rings is 1. The first-order chi connectivity index (χ1) is 11.0. The highest BCUT2D eigenvalue weighted by molar-refractivity contribution is 6.30. The third-order valence-corrected chi connectivity index (χ3v) is 4.52. The van der Waals surface area contributed by atoms with Crippen LogP contribution < -0.4 is 5.32 Å². The summed E-state index contributed by atoms with van der Waals surface area (Å²) < 4.78 is 0. The molecule has 3 amide bonds. The lowest BCUT2D eigenvalue weighted by atomic mass is 10.1. The summed E-state index contributed by atoms with van der Waals surface area (Å²) >= 11 is 5.83. The van der Waals surface area contributed by atoms with Crippen LogP contribution in [-0.4, -0.2) is 59.7 Å². The predicted molar refractivity (Wildman–Crippen MR) is 85.1 cm³/mol. The third-order valence-electron chi connectivity index (χ3n) is 4.26. The topological polar surface area (TPSA) is 69.7 Å². The molecule has 0 bridgehead atoms. The molecule has 0 radical (unpaired) electrons. The van der Waals surface area contributed by atoms with Gasteiger partial charge in [-0.25, -0.2) is 0 Å². The quantitative estimate of drug-likeness (QED) is 0.873. The van der Waals surface area contributed by atoms with Crippen molar-refractivity contribution in [1.82, 2.24) is 15.1 Å². The van der Waals surface area contributed by atoms with Crippen molar-refractivity contribution in [3.05, 3.63) is 34.9 Å². The second-order valence-electron chi connectivity index (χ2n) is 5.78. The summed E-state index contributed by atoms with van der Waals surface area (Å²) in [6.07, 6.45) is 0.965. The van der Waals surface area contributed by atoms with Crippen molar-refractivity contribution in [3.63, 3.8) is 0 Å². The smallest absolute Gasteiger partial charge is 0.253 e. The van der Waals surface area contributed by atoms with E-state index in [1.54, 1.807) is 34.1 Å². The lowest BCUT2D eigenvalue weighted by Crippen LogP contribution is -2.54. The van der Waals surface area contributed by atoms with Crippen LogP contribution in [0.25, 0.3) is 0 Å². The van der Waals surface area contributed by atoms with Crippen LogP contribution in [0.3, 0.4) is 0 Å². The molecule has 0 saturated carbocycles. The van der Waals surface area contributed by atoms with Crippen molar-refractivity contribution in [2.45, 2.75) is 18.9 Å². The Morgan fingerprint density at radius 3 is 2.22 bits per heavy atom. The molecule has 0 aliphatic carbocycles. The van der Waals surface area contributed by atoms with Gasteiger partial charge in [-0.2, -0.15) is 0 Å². The molecule has 2 heterocycles. The minimum atomic E-state index is -0.402. The van der Waals surface area contributed by atoms with Gasteiger partial charge < -0.3 is 15.1 Å². The number of hydrogen-bond donors (Lipinski definition) is 1. The average Bonchev–Trinajstić information content (AvgIpc) is 3.01. The highest BCUT2D eigenvalue weighted by atomic mass is 35.5. The predicted octanol–water partition coefficient (Wildman–Crippen LogP) is 0.903. The number of nitrogens with zero attached hydrogens (tertiary/aromatic N) is 2. The molecule has 2 saturated heterocycles. The molecular formula is C16H18ClN3O3. The number of carbonyl (C=O) groups excluding carboxylic acids is 3. The Kier molecular flexibility index (Phi) is 4.52. The average molecular weight is 336 g/mol. The molecule has 1 unspecified atom stereocenters. The van der Waals surface area contributed by atoms with Gasteiger partial charge >= 0.3 is 0 Å². The van der Waals surface area contributed by atoms with E-state index in [0.29, 0.717) is 49.6 Å². The fourth-order valence-electron chi connectivity index (χ4n) is 2.92. The van der Waals surface area contributed by atoms with E-state index in [1.165, 1.54) is 0 Å². The monoisotopic (exact) mass is 335 g/mol. The van der Waals surface area contributed by atoms with Crippen LogP contribution in [0.1, 0.15) is 23.2 Å². The van der Waals surface area contributed by atoms with Crippen LogP contribution in [-0.2, 0) is 9.59 Å². The van der Waals surface area contributed by atoms with Crippen LogP contribution in [0.5, 0.6) is 0 Å². The van der Waals surface area contributed by atoms with Gasteiger partial charge in [0.1, 0.15) is 6.04 Å². The molecule has 122 valence electrons. The zero-order valence-electron chi connectivity index (χ0n) is 12.6. The largest absolute Gasteiger partial charge is 0.344 e. The second kappa shape index (κ2) is 6.58. The lowest BCUT2D eigenvalue weighted by Gasteiger charge is -2.36. The van der Waals surface area contributed by atoms with Crippen molar-refractivity contribution < 1.29 is 14.4 Å². The first-order valence-electron chi connectivity index (χ1n) is 7.67. The Labute approximate surface area is 139 Å². The molecular weight excluding hydrogens is 318 g/mol. The van der Waals surface area contributed by atoms with E-state index in [-0.39, 0.29) is 17.7 Å². The molecule has 0 aromatic heterocycles. The van der Waals surface area contributed by atoms with Crippen LogP contribution in [0.15, 0.2) is 24.3 Å². The summed E-state index contributed by atoms with van der Waals surface area (Å²) in [5, 5.41) is 3.29. The van der Waals surface area contributed by atoms with Gasteiger partial charge in [0.15, 0.2) is 0 Å². The van der Waals surface area contributed by atoms with Gasteiger partial charge in [0.2, 0.25) is 11.8 Å². The summed E-state index contributed by atoms with van der Waals surface area (Å²) in [4.78, 5) is 39.4. The highest BCUT2D eigenvalue weighted by Crippen LogP contribution is 2.15. The highest BCUT2D eigenvalue weighted by Gasteiger charge is 2.33. The fraction of sp³-hybridized carbons (Fsp3) is 0.438. The van der Waals surface area contributed by atoms with Gasteiger partial charge in [0.05, 0.1) is 0 Å². The van der Waals surface area contributed by atoms with Crippen molar-refractivity contribution in [2.75, 3.05) is 26.2 Å². The van der Waals surface area contributed by atoms with Gasteiger partial charge in [-0.1, -0.05) is 11.6 Å². The number of hydrogen-bond acceptors (Lipinski definition) is 3. The minimum Gasteiger partial charge on any atom is -0.344 e. The molecule has 3 rings (SSSR count). The maximum Gasteiger partial charge on any atom is 0.253 e. The van der Waals surface area contributed by atoms with Crippen molar-refractivity contribution in [2.24, 2.45) is 0 Å². The number of carbonyl (C=O) groups is 3. The van der Waals surface area contributed by atoms with Crippen LogP contribution in [0.4, 0.5) is 0 Å². The minimum absolute atomic E-state index is 0.0468. The second-order valence-corrected chi connectivity index (χ2v) is 6.22. The molecule has 1 aromatic carbocycles. The maximum absolute atomic E-state index is 12.4. The van der Waals surface area contributed by atoms with E-state index in [1.807, 2.05) is 0 Å². The fourth-order valence-corrected chi connectivity index (χ4v) is 3.05. The normalized spacial score (nSPS) is 21.3.